The maximum absolute atomic E-state index is 13.3. The van der Waals surface area contributed by atoms with Crippen LogP contribution in [0.3, 0.4) is 0 Å². The molecular weight excluding hydrogens is 262 g/mol. The SMILES string of the molecule is C=C1/C=C\C=C(\F)CSCC(/C=C\C=C(/C)F)=C\C1. The summed E-state index contributed by atoms with van der Waals surface area (Å²) in [6.45, 7) is 5.30. The summed E-state index contributed by atoms with van der Waals surface area (Å²) < 4.78 is 25.9. The molecule has 0 fully saturated rings. The standard InChI is InChI=1S/C16H18F2S/c1-13-5-3-8-16(18)12-19-11-15(10-9-13)7-4-6-14(2)17/h3-8,10H,1,9,11-12H2,2H3/b5-3-,7-4-,14-6+,15-10-,16-8+. The minimum atomic E-state index is -0.234. The monoisotopic (exact) mass is 280 g/mol. The Kier molecular flexibility index (Phi) is 7.19. The Morgan fingerprint density at radius 2 is 2.21 bits per heavy atom. The molecule has 0 aromatic rings. The van der Waals surface area contributed by atoms with Gasteiger partial charge in [0, 0.05) is 11.5 Å². The summed E-state index contributed by atoms with van der Waals surface area (Å²) in [5.41, 5.74) is 1.96. The number of hydrogen-bond acceptors (Lipinski definition) is 1. The van der Waals surface area contributed by atoms with E-state index in [1.807, 2.05) is 12.2 Å². The molecule has 0 aliphatic carbocycles. The predicted molar refractivity (Wildman–Crippen MR) is 81.5 cm³/mol. The molecule has 0 amide bonds. The van der Waals surface area contributed by atoms with Crippen LogP contribution in [0, 0.1) is 0 Å². The van der Waals surface area contributed by atoms with Crippen LogP contribution < -0.4 is 0 Å². The second kappa shape index (κ2) is 8.70. The molecule has 1 aliphatic heterocycles. The lowest BCUT2D eigenvalue weighted by molar-refractivity contribution is 0.640. The Morgan fingerprint density at radius 1 is 1.42 bits per heavy atom. The van der Waals surface area contributed by atoms with E-state index in [0.29, 0.717) is 17.9 Å². The minimum Gasteiger partial charge on any atom is -0.212 e. The quantitative estimate of drug-likeness (QED) is 0.606. The second-order valence-corrected chi connectivity index (χ2v) is 5.21. The summed E-state index contributed by atoms with van der Waals surface area (Å²) in [5.74, 6) is 0.658. The Labute approximate surface area is 118 Å². The largest absolute Gasteiger partial charge is 0.212 e. The van der Waals surface area contributed by atoms with E-state index in [0.717, 1.165) is 11.1 Å². The normalized spacial score (nSPS) is 26.3. The van der Waals surface area contributed by atoms with Gasteiger partial charge in [0.15, 0.2) is 0 Å². The average Bonchev–Trinajstić information content (AvgIpc) is 2.37. The number of allylic oxidation sites excluding steroid dienone is 9. The van der Waals surface area contributed by atoms with Crippen molar-refractivity contribution in [3.63, 3.8) is 0 Å². The molecule has 19 heavy (non-hydrogen) atoms. The van der Waals surface area contributed by atoms with Crippen LogP contribution in [-0.2, 0) is 0 Å². The lowest BCUT2D eigenvalue weighted by atomic mass is 10.1. The van der Waals surface area contributed by atoms with Crippen LogP contribution in [0.5, 0.6) is 0 Å². The maximum atomic E-state index is 13.3. The molecule has 0 saturated heterocycles. The second-order valence-electron chi connectivity index (χ2n) is 4.22. The number of thioether (sulfide) groups is 1. The predicted octanol–water partition coefficient (Wildman–Crippen LogP) is 5.45. The summed E-state index contributed by atoms with van der Waals surface area (Å²) in [6.07, 6.45) is 12.6. The number of halogens is 2. The van der Waals surface area contributed by atoms with Gasteiger partial charge in [0.05, 0.1) is 5.83 Å². The molecule has 0 aromatic heterocycles. The highest BCUT2D eigenvalue weighted by atomic mass is 32.2. The van der Waals surface area contributed by atoms with Gasteiger partial charge in [0.1, 0.15) is 5.83 Å². The fourth-order valence-corrected chi connectivity index (χ4v) is 2.26. The van der Waals surface area contributed by atoms with Crippen LogP contribution >= 0.6 is 11.8 Å². The first kappa shape index (κ1) is 15.7. The van der Waals surface area contributed by atoms with Crippen LogP contribution in [0.2, 0.25) is 0 Å². The van der Waals surface area contributed by atoms with Gasteiger partial charge in [-0.3, -0.25) is 0 Å². The van der Waals surface area contributed by atoms with Gasteiger partial charge in [-0.1, -0.05) is 42.5 Å². The Balaban J connectivity index is 2.78. The topological polar surface area (TPSA) is 0 Å². The first-order valence-corrected chi connectivity index (χ1v) is 7.21. The van der Waals surface area contributed by atoms with Crippen LogP contribution in [0.15, 0.2) is 71.9 Å². The van der Waals surface area contributed by atoms with E-state index in [4.69, 9.17) is 0 Å². The average molecular weight is 280 g/mol. The van der Waals surface area contributed by atoms with E-state index in [2.05, 4.69) is 6.58 Å². The highest BCUT2D eigenvalue weighted by molar-refractivity contribution is 7.99. The van der Waals surface area contributed by atoms with E-state index in [1.165, 1.54) is 30.8 Å². The number of hydrogen-bond donors (Lipinski definition) is 0. The number of rotatable bonds is 2. The van der Waals surface area contributed by atoms with Crippen molar-refractivity contribution < 1.29 is 8.78 Å². The van der Waals surface area contributed by atoms with Crippen molar-refractivity contribution in [1.82, 2.24) is 0 Å². The summed E-state index contributed by atoms with van der Waals surface area (Å²) in [7, 11) is 0. The van der Waals surface area contributed by atoms with Gasteiger partial charge < -0.3 is 0 Å². The molecule has 1 aliphatic rings. The van der Waals surface area contributed by atoms with Gasteiger partial charge in [-0.15, -0.1) is 11.8 Å². The molecule has 0 saturated carbocycles. The van der Waals surface area contributed by atoms with Crippen molar-refractivity contribution in [2.45, 2.75) is 13.3 Å². The van der Waals surface area contributed by atoms with Gasteiger partial charge in [-0.25, -0.2) is 8.78 Å². The van der Waals surface area contributed by atoms with Gasteiger partial charge in [0.25, 0.3) is 0 Å². The molecule has 0 nitrogen and oxygen atoms in total. The van der Waals surface area contributed by atoms with Crippen LogP contribution in [0.25, 0.3) is 0 Å². The fraction of sp³-hybridized carbons (Fsp3) is 0.250. The minimum absolute atomic E-state index is 0.154. The lowest BCUT2D eigenvalue weighted by Crippen LogP contribution is -1.87. The molecule has 102 valence electrons. The molecular formula is C16H18F2S. The zero-order valence-corrected chi connectivity index (χ0v) is 11.9. The van der Waals surface area contributed by atoms with Crippen LogP contribution in [0.1, 0.15) is 13.3 Å². The van der Waals surface area contributed by atoms with Gasteiger partial charge >= 0.3 is 0 Å². The van der Waals surface area contributed by atoms with Crippen molar-refractivity contribution >= 4 is 11.8 Å². The Hall–Kier alpha value is -1.35. The zero-order chi connectivity index (χ0) is 14.1. The van der Waals surface area contributed by atoms with Crippen molar-refractivity contribution in [2.24, 2.45) is 0 Å². The van der Waals surface area contributed by atoms with Crippen molar-refractivity contribution in [2.75, 3.05) is 11.5 Å². The van der Waals surface area contributed by atoms with Gasteiger partial charge in [0.2, 0.25) is 0 Å². The van der Waals surface area contributed by atoms with Crippen molar-refractivity contribution in [3.05, 3.63) is 71.9 Å². The maximum Gasteiger partial charge on any atom is 0.110 e. The lowest BCUT2D eigenvalue weighted by Gasteiger charge is -2.02. The third-order valence-corrected chi connectivity index (χ3v) is 3.40. The third kappa shape index (κ3) is 7.62. The Bertz CT molecular complexity index is 461. The Morgan fingerprint density at radius 3 is 2.95 bits per heavy atom. The van der Waals surface area contributed by atoms with Gasteiger partial charge in [-0.2, -0.15) is 0 Å². The molecule has 0 atom stereocenters. The van der Waals surface area contributed by atoms with E-state index in [1.54, 1.807) is 18.2 Å². The first-order chi connectivity index (χ1) is 9.08. The van der Waals surface area contributed by atoms with Crippen molar-refractivity contribution in [1.29, 1.82) is 0 Å². The van der Waals surface area contributed by atoms with Crippen molar-refractivity contribution in [3.8, 4) is 0 Å². The molecule has 0 spiro atoms. The summed E-state index contributed by atoms with van der Waals surface area (Å²) in [4.78, 5) is 0. The summed E-state index contributed by atoms with van der Waals surface area (Å²) in [6, 6.07) is 0. The van der Waals surface area contributed by atoms with E-state index in [9.17, 15) is 8.78 Å². The van der Waals surface area contributed by atoms with Crippen LogP contribution in [0.4, 0.5) is 8.78 Å². The third-order valence-electron chi connectivity index (χ3n) is 2.38. The molecule has 3 heteroatoms. The first-order valence-electron chi connectivity index (χ1n) is 6.05. The molecule has 0 radical (unpaired) electrons. The van der Waals surface area contributed by atoms with Crippen LogP contribution in [-0.4, -0.2) is 11.5 Å². The molecule has 1 rings (SSSR count). The van der Waals surface area contributed by atoms with E-state index >= 15 is 0 Å². The molecule has 1 heterocycles. The highest BCUT2D eigenvalue weighted by Gasteiger charge is 1.99. The molecule has 0 N–H and O–H groups in total. The van der Waals surface area contributed by atoms with E-state index < -0.39 is 0 Å². The fourth-order valence-electron chi connectivity index (χ4n) is 1.41. The molecule has 0 aromatic carbocycles. The zero-order valence-electron chi connectivity index (χ0n) is 11.0. The summed E-state index contributed by atoms with van der Waals surface area (Å²) in [5, 5.41) is 0. The summed E-state index contributed by atoms with van der Waals surface area (Å²) >= 11 is 1.50. The molecule has 0 bridgehead atoms. The smallest absolute Gasteiger partial charge is 0.110 e. The highest BCUT2D eigenvalue weighted by Crippen LogP contribution is 2.17. The van der Waals surface area contributed by atoms with Gasteiger partial charge in [-0.05, 0) is 31.1 Å². The molecule has 0 unspecified atom stereocenters. The van der Waals surface area contributed by atoms with E-state index in [-0.39, 0.29) is 11.7 Å².